The first-order valence-electron chi connectivity index (χ1n) is 11.5. The Bertz CT molecular complexity index is 1560. The second-order valence-electron chi connectivity index (χ2n) is 8.69. The number of anilines is 2. The van der Waals surface area contributed by atoms with Crippen LogP contribution in [0.4, 0.5) is 11.4 Å². The molecule has 10 nitrogen and oxygen atoms in total. The highest BCUT2D eigenvalue weighted by Gasteiger charge is 2.37. The van der Waals surface area contributed by atoms with Gasteiger partial charge in [0.15, 0.2) is 6.10 Å². The molecule has 202 valence electrons. The highest BCUT2D eigenvalue weighted by molar-refractivity contribution is 7.92. The fourth-order valence-corrected chi connectivity index (χ4v) is 6.72. The van der Waals surface area contributed by atoms with E-state index in [1.165, 1.54) is 49.6 Å². The van der Waals surface area contributed by atoms with Crippen molar-refractivity contribution in [1.82, 2.24) is 4.72 Å². The quantitative estimate of drug-likeness (QED) is 0.416. The third-order valence-electron chi connectivity index (χ3n) is 5.56. The lowest BCUT2D eigenvalue weighted by atomic mass is 10.2. The molecule has 0 saturated carbocycles. The molecule has 0 bridgehead atoms. The van der Waals surface area contributed by atoms with Gasteiger partial charge in [-0.3, -0.25) is 9.10 Å². The molecule has 3 aromatic rings. The Kier molecular flexibility index (Phi) is 7.88. The zero-order valence-corrected chi connectivity index (χ0v) is 23.1. The van der Waals surface area contributed by atoms with E-state index in [0.29, 0.717) is 5.02 Å². The van der Waals surface area contributed by atoms with Crippen LogP contribution in [0.3, 0.4) is 0 Å². The van der Waals surface area contributed by atoms with Crippen LogP contribution in [0, 0.1) is 0 Å². The highest BCUT2D eigenvalue weighted by Crippen LogP contribution is 2.37. The van der Waals surface area contributed by atoms with Gasteiger partial charge in [0.05, 0.1) is 34.8 Å². The number of carbonyl (C=O) groups excluding carboxylic acids is 1. The third-order valence-corrected chi connectivity index (χ3v) is 9.26. The van der Waals surface area contributed by atoms with E-state index in [1.807, 2.05) is 0 Å². The molecule has 1 amide bonds. The number of carbonyl (C=O) groups is 1. The van der Waals surface area contributed by atoms with Crippen LogP contribution in [0.25, 0.3) is 0 Å². The molecule has 0 aromatic heterocycles. The summed E-state index contributed by atoms with van der Waals surface area (Å²) < 4.78 is 67.1. The molecule has 1 aliphatic rings. The minimum absolute atomic E-state index is 0.00464. The van der Waals surface area contributed by atoms with Crippen molar-refractivity contribution >= 4 is 48.9 Å². The van der Waals surface area contributed by atoms with Crippen LogP contribution in [0.2, 0.25) is 5.02 Å². The van der Waals surface area contributed by atoms with Crippen LogP contribution in [0.1, 0.15) is 13.8 Å². The molecule has 0 unspecified atom stereocenters. The van der Waals surface area contributed by atoms with Crippen LogP contribution in [-0.2, 0) is 24.8 Å². The maximum Gasteiger partial charge on any atom is 0.267 e. The molecule has 1 aliphatic heterocycles. The summed E-state index contributed by atoms with van der Waals surface area (Å²) in [6.07, 6.45) is -1.26. The number of nitrogens with zero attached hydrogens (tertiary/aromatic N) is 1. The topological polar surface area (TPSA) is 131 Å². The summed E-state index contributed by atoms with van der Waals surface area (Å²) in [4.78, 5) is 13.3. The fourth-order valence-electron chi connectivity index (χ4n) is 3.84. The van der Waals surface area contributed by atoms with Gasteiger partial charge in [-0.1, -0.05) is 23.7 Å². The number of hydrogen-bond donors (Lipinski definition) is 2. The number of methoxy groups -OCH3 is 1. The van der Waals surface area contributed by atoms with E-state index in [-0.39, 0.29) is 45.3 Å². The lowest BCUT2D eigenvalue weighted by Crippen LogP contribution is -2.48. The Morgan fingerprint density at radius 1 is 1.03 bits per heavy atom. The minimum atomic E-state index is -4.08. The van der Waals surface area contributed by atoms with Gasteiger partial charge in [-0.05, 0) is 68.4 Å². The standard InChI is InChI=1S/C25H26ClN3O7S2/c1-16(2)28-37(31,32)19-12-13-22(35-3)20(14-19)27-25(30)24-15-29(21-6-4-5-7-23(21)36-24)38(33,34)18-10-8-17(26)9-11-18/h4-14,16,24,28H,15H2,1-3H3,(H,27,30)/t24-/m0/s1. The highest BCUT2D eigenvalue weighted by atomic mass is 35.5. The molecule has 4 rings (SSSR count). The van der Waals surface area contributed by atoms with Crippen molar-refractivity contribution in [1.29, 1.82) is 0 Å². The van der Waals surface area contributed by atoms with Crippen LogP contribution in [-0.4, -0.2) is 48.5 Å². The normalized spacial score (nSPS) is 15.5. The molecule has 0 radical (unpaired) electrons. The van der Waals surface area contributed by atoms with Crippen molar-refractivity contribution in [3.8, 4) is 11.5 Å². The van der Waals surface area contributed by atoms with Gasteiger partial charge in [-0.2, -0.15) is 0 Å². The number of rotatable bonds is 8. The lowest BCUT2D eigenvalue weighted by Gasteiger charge is -2.34. The van der Waals surface area contributed by atoms with Crippen LogP contribution >= 0.6 is 11.6 Å². The molecular weight excluding hydrogens is 554 g/mol. The second kappa shape index (κ2) is 10.8. The van der Waals surface area contributed by atoms with Gasteiger partial charge in [0.25, 0.3) is 15.9 Å². The first-order chi connectivity index (χ1) is 17.9. The molecule has 38 heavy (non-hydrogen) atoms. The van der Waals surface area contributed by atoms with Crippen molar-refractivity contribution in [3.05, 3.63) is 71.8 Å². The number of sulfonamides is 2. The number of amides is 1. The molecule has 0 aliphatic carbocycles. The van der Waals surface area contributed by atoms with Crippen molar-refractivity contribution in [2.75, 3.05) is 23.3 Å². The predicted octanol–water partition coefficient (Wildman–Crippen LogP) is 3.63. The number of hydrogen-bond acceptors (Lipinski definition) is 7. The van der Waals surface area contributed by atoms with Gasteiger partial charge in [0.2, 0.25) is 10.0 Å². The van der Waals surface area contributed by atoms with E-state index in [0.717, 1.165) is 4.31 Å². The molecule has 13 heteroatoms. The number of para-hydroxylation sites is 2. The monoisotopic (exact) mass is 579 g/mol. The average Bonchev–Trinajstić information content (AvgIpc) is 2.87. The summed E-state index contributed by atoms with van der Waals surface area (Å²) in [6, 6.07) is 15.8. The first-order valence-corrected chi connectivity index (χ1v) is 14.8. The Balaban J connectivity index is 1.66. The maximum absolute atomic E-state index is 13.5. The van der Waals surface area contributed by atoms with Crippen molar-refractivity contribution in [2.45, 2.75) is 35.8 Å². The van der Waals surface area contributed by atoms with Gasteiger partial charge in [-0.15, -0.1) is 0 Å². The number of ether oxygens (including phenoxy) is 2. The average molecular weight is 580 g/mol. The van der Waals surface area contributed by atoms with E-state index in [1.54, 1.807) is 38.1 Å². The van der Waals surface area contributed by atoms with Crippen LogP contribution < -0.4 is 23.8 Å². The third kappa shape index (κ3) is 5.73. The zero-order valence-electron chi connectivity index (χ0n) is 20.7. The molecule has 0 fully saturated rings. The summed E-state index contributed by atoms with van der Waals surface area (Å²) in [5.74, 6) is -0.287. The van der Waals surface area contributed by atoms with Gasteiger partial charge >= 0.3 is 0 Å². The van der Waals surface area contributed by atoms with E-state index in [4.69, 9.17) is 21.1 Å². The van der Waals surface area contributed by atoms with E-state index < -0.39 is 32.1 Å². The molecule has 3 aromatic carbocycles. The molecule has 1 atom stereocenters. The Hall–Kier alpha value is -3.32. The van der Waals surface area contributed by atoms with Gasteiger partial charge in [0, 0.05) is 11.1 Å². The zero-order chi connectivity index (χ0) is 27.7. The Morgan fingerprint density at radius 2 is 1.68 bits per heavy atom. The predicted molar refractivity (Wildman–Crippen MR) is 144 cm³/mol. The van der Waals surface area contributed by atoms with E-state index in [9.17, 15) is 21.6 Å². The number of benzene rings is 3. The van der Waals surface area contributed by atoms with Gasteiger partial charge in [0.1, 0.15) is 11.5 Å². The first kappa shape index (κ1) is 27.7. The minimum Gasteiger partial charge on any atom is -0.495 e. The molecular formula is C25H26ClN3O7S2. The largest absolute Gasteiger partial charge is 0.495 e. The van der Waals surface area contributed by atoms with Gasteiger partial charge in [-0.25, -0.2) is 21.6 Å². The van der Waals surface area contributed by atoms with E-state index >= 15 is 0 Å². The Morgan fingerprint density at radius 3 is 2.34 bits per heavy atom. The Labute approximate surface area is 226 Å². The van der Waals surface area contributed by atoms with Crippen molar-refractivity contribution < 1.29 is 31.1 Å². The molecule has 1 heterocycles. The van der Waals surface area contributed by atoms with Crippen LogP contribution in [0.5, 0.6) is 11.5 Å². The summed E-state index contributed by atoms with van der Waals surface area (Å²) >= 11 is 5.93. The lowest BCUT2D eigenvalue weighted by molar-refractivity contribution is -0.122. The van der Waals surface area contributed by atoms with E-state index in [2.05, 4.69) is 10.0 Å². The van der Waals surface area contributed by atoms with Gasteiger partial charge < -0.3 is 14.8 Å². The fraction of sp³-hybridized carbons (Fsp3) is 0.240. The molecule has 0 saturated heterocycles. The molecule has 0 spiro atoms. The van der Waals surface area contributed by atoms with Crippen molar-refractivity contribution in [3.63, 3.8) is 0 Å². The maximum atomic E-state index is 13.5. The summed E-state index contributed by atoms with van der Waals surface area (Å²) in [6.45, 7) is 3.04. The number of nitrogens with one attached hydrogen (secondary N) is 2. The summed E-state index contributed by atoms with van der Waals surface area (Å²) in [5, 5.41) is 3.01. The SMILES string of the molecule is COc1ccc(S(=O)(=O)NC(C)C)cc1NC(=O)[C@@H]1CN(S(=O)(=O)c2ccc(Cl)cc2)c2ccccc2O1. The number of fused-ring (bicyclic) bond motifs is 1. The number of halogens is 1. The summed E-state index contributed by atoms with van der Waals surface area (Å²) in [5.41, 5.74) is 0.357. The summed E-state index contributed by atoms with van der Waals surface area (Å²) in [7, 11) is -6.56. The smallest absolute Gasteiger partial charge is 0.267 e. The second-order valence-corrected chi connectivity index (χ2v) is 12.7. The molecule has 2 N–H and O–H groups in total. The van der Waals surface area contributed by atoms with Crippen LogP contribution in [0.15, 0.2) is 76.5 Å². The van der Waals surface area contributed by atoms with Crippen molar-refractivity contribution in [2.24, 2.45) is 0 Å².